The summed E-state index contributed by atoms with van der Waals surface area (Å²) in [6.07, 6.45) is 6.47. The van der Waals surface area contributed by atoms with Crippen molar-refractivity contribution in [2.75, 3.05) is 25.1 Å². The minimum absolute atomic E-state index is 0.0906. The van der Waals surface area contributed by atoms with Gasteiger partial charge in [-0.2, -0.15) is 0 Å². The summed E-state index contributed by atoms with van der Waals surface area (Å²) in [5.41, 5.74) is 1.42. The number of aromatic nitrogens is 3. The summed E-state index contributed by atoms with van der Waals surface area (Å²) in [4.78, 5) is 26.6. The van der Waals surface area contributed by atoms with Crippen LogP contribution in [-0.4, -0.2) is 56.7 Å². The molecule has 9 nitrogen and oxygen atoms in total. The predicted molar refractivity (Wildman–Crippen MR) is 136 cm³/mol. The standard InChI is InChI=1S/C26H24ClN5O4/c27-20-12-17(8-9-22(20)36-19-5-2-10-28-13-19)31-26-25-21(29-16-30-26)6-1-7-23(25)35-15-18-4-3-11-32(18)24(34)14-33/h1-2,5-10,12-13,16,18,33H,3-4,11,14-15H2,(H,29,30,31)/t18-/m1/s1. The summed E-state index contributed by atoms with van der Waals surface area (Å²) >= 11 is 6.48. The monoisotopic (exact) mass is 505 g/mol. The molecule has 1 amide bonds. The molecule has 2 aromatic carbocycles. The van der Waals surface area contributed by atoms with Gasteiger partial charge in [0.1, 0.15) is 42.6 Å². The van der Waals surface area contributed by atoms with Crippen molar-refractivity contribution in [3.63, 3.8) is 0 Å². The van der Waals surface area contributed by atoms with Gasteiger partial charge < -0.3 is 24.8 Å². The maximum atomic E-state index is 12.0. The number of hydrogen-bond donors (Lipinski definition) is 2. The fourth-order valence-electron chi connectivity index (χ4n) is 4.24. The van der Waals surface area contributed by atoms with E-state index in [4.69, 9.17) is 21.1 Å². The van der Waals surface area contributed by atoms with E-state index in [9.17, 15) is 9.90 Å². The number of fused-ring (bicyclic) bond motifs is 1. The summed E-state index contributed by atoms with van der Waals surface area (Å²) in [6.45, 7) is 0.437. The highest BCUT2D eigenvalue weighted by atomic mass is 35.5. The average Bonchev–Trinajstić information content (AvgIpc) is 3.38. The molecule has 0 spiro atoms. The lowest BCUT2D eigenvalue weighted by Crippen LogP contribution is -2.40. The number of hydrogen-bond acceptors (Lipinski definition) is 8. The molecule has 1 aliphatic heterocycles. The minimum Gasteiger partial charge on any atom is -0.491 e. The molecule has 0 aliphatic carbocycles. The number of rotatable bonds is 8. The van der Waals surface area contributed by atoms with Gasteiger partial charge in [-0.05, 0) is 55.3 Å². The smallest absolute Gasteiger partial charge is 0.248 e. The summed E-state index contributed by atoms with van der Waals surface area (Å²) in [7, 11) is 0. The molecule has 0 unspecified atom stereocenters. The number of ether oxygens (including phenoxy) is 2. The number of carbonyl (C=O) groups excluding carboxylic acids is 1. The first-order chi connectivity index (χ1) is 17.6. The van der Waals surface area contributed by atoms with Gasteiger partial charge >= 0.3 is 0 Å². The number of likely N-dealkylation sites (tertiary alicyclic amines) is 1. The number of amides is 1. The molecular weight excluding hydrogens is 482 g/mol. The van der Waals surface area contributed by atoms with Crippen molar-refractivity contribution >= 4 is 39.9 Å². The van der Waals surface area contributed by atoms with Crippen LogP contribution < -0.4 is 14.8 Å². The van der Waals surface area contributed by atoms with Gasteiger partial charge in [-0.3, -0.25) is 9.78 Å². The number of carbonyl (C=O) groups is 1. The highest BCUT2D eigenvalue weighted by Crippen LogP contribution is 2.35. The van der Waals surface area contributed by atoms with Crippen molar-refractivity contribution in [3.8, 4) is 17.2 Å². The Bertz CT molecular complexity index is 1370. The number of anilines is 2. The molecule has 0 radical (unpaired) electrons. The second-order valence-corrected chi connectivity index (χ2v) is 8.69. The van der Waals surface area contributed by atoms with Gasteiger partial charge in [0.25, 0.3) is 0 Å². The Labute approximate surface area is 212 Å². The third-order valence-electron chi connectivity index (χ3n) is 5.95. The molecule has 184 valence electrons. The topological polar surface area (TPSA) is 110 Å². The van der Waals surface area contributed by atoms with Crippen LogP contribution in [0.2, 0.25) is 5.02 Å². The largest absolute Gasteiger partial charge is 0.491 e. The van der Waals surface area contributed by atoms with E-state index in [-0.39, 0.29) is 11.9 Å². The van der Waals surface area contributed by atoms with Crippen LogP contribution in [-0.2, 0) is 4.79 Å². The molecule has 0 bridgehead atoms. The Balaban J connectivity index is 1.37. The summed E-state index contributed by atoms with van der Waals surface area (Å²) in [6, 6.07) is 14.4. The fraction of sp³-hybridized carbons (Fsp3) is 0.231. The van der Waals surface area contributed by atoms with E-state index in [2.05, 4.69) is 20.3 Å². The number of halogens is 1. The lowest BCUT2D eigenvalue weighted by Gasteiger charge is -2.24. The quantitative estimate of drug-likeness (QED) is 0.358. The van der Waals surface area contributed by atoms with Crippen LogP contribution in [0.3, 0.4) is 0 Å². The van der Waals surface area contributed by atoms with E-state index in [1.54, 1.807) is 41.6 Å². The second kappa shape index (κ2) is 10.8. The average molecular weight is 506 g/mol. The Morgan fingerprint density at radius 2 is 2.08 bits per heavy atom. The lowest BCUT2D eigenvalue weighted by atomic mass is 10.2. The molecule has 1 aliphatic rings. The first-order valence-corrected chi connectivity index (χ1v) is 11.9. The highest BCUT2D eigenvalue weighted by molar-refractivity contribution is 6.32. The maximum absolute atomic E-state index is 12.0. The van der Waals surface area contributed by atoms with Crippen LogP contribution >= 0.6 is 11.6 Å². The number of aliphatic hydroxyl groups is 1. The normalized spacial score (nSPS) is 15.2. The zero-order valence-corrected chi connectivity index (χ0v) is 20.1. The fourth-order valence-corrected chi connectivity index (χ4v) is 4.46. The summed E-state index contributed by atoms with van der Waals surface area (Å²) < 4.78 is 12.0. The second-order valence-electron chi connectivity index (χ2n) is 8.29. The van der Waals surface area contributed by atoms with Crippen molar-refractivity contribution in [1.82, 2.24) is 19.9 Å². The number of nitrogens with zero attached hydrogens (tertiary/aromatic N) is 4. The first-order valence-electron chi connectivity index (χ1n) is 11.5. The molecule has 1 atom stereocenters. The summed E-state index contributed by atoms with van der Waals surface area (Å²) in [5, 5.41) is 13.7. The Morgan fingerprint density at radius 3 is 2.89 bits per heavy atom. The van der Waals surface area contributed by atoms with Crippen LogP contribution in [0.1, 0.15) is 12.8 Å². The van der Waals surface area contributed by atoms with Gasteiger partial charge in [-0.25, -0.2) is 9.97 Å². The lowest BCUT2D eigenvalue weighted by molar-refractivity contribution is -0.135. The molecule has 1 fully saturated rings. The highest BCUT2D eigenvalue weighted by Gasteiger charge is 2.29. The third-order valence-corrected chi connectivity index (χ3v) is 6.24. The van der Waals surface area contributed by atoms with E-state index in [1.165, 1.54) is 6.33 Å². The van der Waals surface area contributed by atoms with Crippen molar-refractivity contribution < 1.29 is 19.4 Å². The Morgan fingerprint density at radius 1 is 1.17 bits per heavy atom. The van der Waals surface area contributed by atoms with Crippen molar-refractivity contribution in [2.24, 2.45) is 0 Å². The number of benzene rings is 2. The molecule has 2 aromatic heterocycles. The number of nitrogens with one attached hydrogen (secondary N) is 1. The van der Waals surface area contributed by atoms with Crippen LogP contribution in [0.5, 0.6) is 17.2 Å². The van der Waals surface area contributed by atoms with Gasteiger partial charge in [0.2, 0.25) is 5.91 Å². The van der Waals surface area contributed by atoms with E-state index in [1.807, 2.05) is 24.3 Å². The van der Waals surface area contributed by atoms with Crippen molar-refractivity contribution in [1.29, 1.82) is 0 Å². The van der Waals surface area contributed by atoms with Gasteiger partial charge in [0, 0.05) is 18.4 Å². The Hall–Kier alpha value is -3.95. The molecule has 36 heavy (non-hydrogen) atoms. The van der Waals surface area contributed by atoms with Crippen LogP contribution in [0, 0.1) is 0 Å². The summed E-state index contributed by atoms with van der Waals surface area (Å²) in [5.74, 6) is 1.97. The SMILES string of the molecule is O=C(CO)N1CCC[C@@H]1COc1cccc2ncnc(Nc3ccc(Oc4cccnc4)c(Cl)c3)c12. The molecule has 10 heteroatoms. The molecule has 3 heterocycles. The molecular formula is C26H24ClN5O4. The first kappa shape index (κ1) is 23.8. The van der Waals surface area contributed by atoms with Crippen LogP contribution in [0.4, 0.5) is 11.5 Å². The maximum Gasteiger partial charge on any atom is 0.248 e. The van der Waals surface area contributed by atoms with Gasteiger partial charge in [0.05, 0.1) is 28.2 Å². The Kier molecular flexibility index (Phi) is 7.11. The molecule has 4 aromatic rings. The molecule has 0 saturated carbocycles. The van der Waals surface area contributed by atoms with E-state index >= 15 is 0 Å². The number of aliphatic hydroxyl groups excluding tert-OH is 1. The van der Waals surface area contributed by atoms with E-state index < -0.39 is 6.61 Å². The third kappa shape index (κ3) is 5.17. The van der Waals surface area contributed by atoms with Crippen molar-refractivity contribution in [2.45, 2.75) is 18.9 Å². The van der Waals surface area contributed by atoms with Gasteiger partial charge in [-0.15, -0.1) is 0 Å². The van der Waals surface area contributed by atoms with Gasteiger partial charge in [0.15, 0.2) is 0 Å². The minimum atomic E-state index is -0.499. The molecule has 2 N–H and O–H groups in total. The molecule has 5 rings (SSSR count). The zero-order chi connectivity index (χ0) is 24.9. The van der Waals surface area contributed by atoms with E-state index in [0.29, 0.717) is 57.8 Å². The number of pyridine rings is 1. The predicted octanol–water partition coefficient (Wildman–Crippen LogP) is 4.58. The molecule has 1 saturated heterocycles. The van der Waals surface area contributed by atoms with Gasteiger partial charge in [-0.1, -0.05) is 17.7 Å². The van der Waals surface area contributed by atoms with Crippen molar-refractivity contribution in [3.05, 3.63) is 72.3 Å². The van der Waals surface area contributed by atoms with Crippen LogP contribution in [0.25, 0.3) is 10.9 Å². The van der Waals surface area contributed by atoms with Crippen LogP contribution in [0.15, 0.2) is 67.3 Å². The van der Waals surface area contributed by atoms with E-state index in [0.717, 1.165) is 12.8 Å². The zero-order valence-electron chi connectivity index (χ0n) is 19.3.